The van der Waals surface area contributed by atoms with E-state index in [0.717, 1.165) is 0 Å². The molecule has 0 N–H and O–H groups in total. The topological polar surface area (TPSA) is 9.86 Å². The highest BCUT2D eigenvalue weighted by Crippen LogP contribution is 2.59. The molecule has 14 rings (SSSR count). The summed E-state index contributed by atoms with van der Waals surface area (Å²) in [5, 5.41) is 9.96. The number of fused-ring (bicyclic) bond motifs is 12. The van der Waals surface area contributed by atoms with Crippen LogP contribution in [-0.2, 0) is 5.41 Å². The molecule has 11 aromatic carbocycles. The Morgan fingerprint density at radius 3 is 1.68 bits per heavy atom. The maximum Gasteiger partial charge on any atom is 0.0713 e. The summed E-state index contributed by atoms with van der Waals surface area (Å²) in [6, 6.07) is 90.2. The number of hydrogen-bond donors (Lipinski definition) is 0. The summed E-state index contributed by atoms with van der Waals surface area (Å²) in [4.78, 5) is 0. The SMILES string of the molecule is c1ccc(C2(c3ccccc3)c3ccccc3-c3c2ccc2c3c3cc(-c4ccc5c(c4)c4ccccc4n5-c4ccc5ccccc5c4)ccc3n2-c2cccc3ccccc23)cc1. The second-order valence-electron chi connectivity index (χ2n) is 17.6. The Hall–Kier alpha value is -8.46. The van der Waals surface area contributed by atoms with Gasteiger partial charge in [-0.25, -0.2) is 0 Å². The highest BCUT2D eigenvalue weighted by atomic mass is 15.0. The molecule has 0 saturated heterocycles. The predicted octanol–water partition coefficient (Wildman–Crippen LogP) is 16.2. The molecule has 1 aliphatic rings. The number of aromatic nitrogens is 2. The first-order chi connectivity index (χ1) is 32.3. The zero-order valence-corrected chi connectivity index (χ0v) is 35.5. The molecule has 0 saturated carbocycles. The zero-order valence-electron chi connectivity index (χ0n) is 35.5. The van der Waals surface area contributed by atoms with Crippen molar-refractivity contribution < 1.29 is 0 Å². The van der Waals surface area contributed by atoms with Gasteiger partial charge in [0.15, 0.2) is 0 Å². The van der Waals surface area contributed by atoms with Gasteiger partial charge in [-0.3, -0.25) is 0 Å². The van der Waals surface area contributed by atoms with E-state index in [-0.39, 0.29) is 0 Å². The van der Waals surface area contributed by atoms with Crippen molar-refractivity contribution in [2.24, 2.45) is 0 Å². The molecule has 2 heterocycles. The molecule has 2 heteroatoms. The maximum absolute atomic E-state index is 2.52. The van der Waals surface area contributed by atoms with Gasteiger partial charge >= 0.3 is 0 Å². The third kappa shape index (κ3) is 5.05. The van der Waals surface area contributed by atoms with Gasteiger partial charge in [-0.15, -0.1) is 0 Å². The van der Waals surface area contributed by atoms with Gasteiger partial charge in [0.05, 0.1) is 33.2 Å². The molecule has 0 aliphatic heterocycles. The molecular formula is C63H40N2. The van der Waals surface area contributed by atoms with Crippen LogP contribution in [0.3, 0.4) is 0 Å². The van der Waals surface area contributed by atoms with E-state index in [0.29, 0.717) is 0 Å². The fourth-order valence-corrected chi connectivity index (χ4v) is 11.6. The second-order valence-corrected chi connectivity index (χ2v) is 17.6. The lowest BCUT2D eigenvalue weighted by atomic mass is 9.67. The van der Waals surface area contributed by atoms with Gasteiger partial charge in [0.25, 0.3) is 0 Å². The van der Waals surface area contributed by atoms with Crippen LogP contribution >= 0.6 is 0 Å². The molecular weight excluding hydrogens is 785 g/mol. The van der Waals surface area contributed by atoms with E-state index in [1.54, 1.807) is 0 Å². The Labute approximate surface area is 376 Å². The van der Waals surface area contributed by atoms with E-state index >= 15 is 0 Å². The van der Waals surface area contributed by atoms with Gasteiger partial charge in [0, 0.05) is 32.6 Å². The van der Waals surface area contributed by atoms with Crippen LogP contribution in [0.5, 0.6) is 0 Å². The Morgan fingerprint density at radius 1 is 0.308 bits per heavy atom. The second kappa shape index (κ2) is 13.8. The van der Waals surface area contributed by atoms with Gasteiger partial charge in [-0.05, 0) is 115 Å². The lowest BCUT2D eigenvalue weighted by Crippen LogP contribution is -2.28. The summed E-state index contributed by atoms with van der Waals surface area (Å²) < 4.78 is 4.94. The predicted molar refractivity (Wildman–Crippen MR) is 273 cm³/mol. The van der Waals surface area contributed by atoms with Crippen LogP contribution in [0.15, 0.2) is 243 Å². The average molecular weight is 825 g/mol. The van der Waals surface area contributed by atoms with E-state index in [2.05, 4.69) is 252 Å². The minimum absolute atomic E-state index is 0.502. The molecule has 0 fully saturated rings. The van der Waals surface area contributed by atoms with Crippen molar-refractivity contribution in [3.63, 3.8) is 0 Å². The lowest BCUT2D eigenvalue weighted by Gasteiger charge is -2.33. The average Bonchev–Trinajstić information content (AvgIpc) is 4.00. The fourth-order valence-electron chi connectivity index (χ4n) is 11.6. The first kappa shape index (κ1) is 36.1. The third-order valence-electron chi connectivity index (χ3n) is 14.4. The summed E-state index contributed by atoms with van der Waals surface area (Å²) in [6.45, 7) is 0. The van der Waals surface area contributed by atoms with E-state index in [1.165, 1.54) is 121 Å². The maximum atomic E-state index is 2.52. The van der Waals surface area contributed by atoms with Gasteiger partial charge in [-0.2, -0.15) is 0 Å². The highest BCUT2D eigenvalue weighted by molar-refractivity contribution is 6.20. The number of rotatable bonds is 5. The van der Waals surface area contributed by atoms with E-state index in [4.69, 9.17) is 0 Å². The van der Waals surface area contributed by atoms with Crippen LogP contribution in [0.25, 0.3) is 98.8 Å². The van der Waals surface area contributed by atoms with Crippen molar-refractivity contribution in [3.05, 3.63) is 265 Å². The molecule has 302 valence electrons. The van der Waals surface area contributed by atoms with E-state index in [1.807, 2.05) is 0 Å². The van der Waals surface area contributed by atoms with Crippen molar-refractivity contribution in [1.29, 1.82) is 0 Å². The molecule has 0 amide bonds. The van der Waals surface area contributed by atoms with Gasteiger partial charge in [0.2, 0.25) is 0 Å². The molecule has 0 spiro atoms. The van der Waals surface area contributed by atoms with Crippen molar-refractivity contribution in [3.8, 4) is 33.6 Å². The van der Waals surface area contributed by atoms with Crippen LogP contribution in [0.2, 0.25) is 0 Å². The highest BCUT2D eigenvalue weighted by Gasteiger charge is 2.47. The molecule has 13 aromatic rings. The summed E-state index contributed by atoms with van der Waals surface area (Å²) >= 11 is 0. The first-order valence-electron chi connectivity index (χ1n) is 22.6. The Morgan fingerprint density at radius 2 is 0.892 bits per heavy atom. The fraction of sp³-hybridized carbons (Fsp3) is 0.0159. The minimum Gasteiger partial charge on any atom is -0.309 e. The molecule has 2 nitrogen and oxygen atoms in total. The minimum atomic E-state index is -0.502. The molecule has 65 heavy (non-hydrogen) atoms. The summed E-state index contributed by atoms with van der Waals surface area (Å²) in [5.74, 6) is 0. The Bertz CT molecular complexity index is 4010. The zero-order chi connectivity index (χ0) is 42.6. The van der Waals surface area contributed by atoms with Gasteiger partial charge in [-0.1, -0.05) is 188 Å². The number of benzene rings is 11. The van der Waals surface area contributed by atoms with Crippen LogP contribution in [0.4, 0.5) is 0 Å². The molecule has 2 aromatic heterocycles. The van der Waals surface area contributed by atoms with Crippen LogP contribution in [-0.4, -0.2) is 9.13 Å². The smallest absolute Gasteiger partial charge is 0.0713 e. The van der Waals surface area contributed by atoms with Crippen molar-refractivity contribution >= 4 is 65.2 Å². The summed E-state index contributed by atoms with van der Waals surface area (Å²) in [6.07, 6.45) is 0. The normalized spacial score (nSPS) is 13.0. The number of nitrogens with zero attached hydrogens (tertiary/aromatic N) is 2. The van der Waals surface area contributed by atoms with Gasteiger partial charge < -0.3 is 9.13 Å². The molecule has 0 unspecified atom stereocenters. The third-order valence-corrected chi connectivity index (χ3v) is 14.4. The number of hydrogen-bond acceptors (Lipinski definition) is 0. The summed E-state index contributed by atoms with van der Waals surface area (Å²) in [7, 11) is 0. The van der Waals surface area contributed by atoms with Crippen LogP contribution in [0, 0.1) is 0 Å². The molecule has 0 bridgehead atoms. The largest absolute Gasteiger partial charge is 0.309 e. The first-order valence-corrected chi connectivity index (χ1v) is 22.6. The monoisotopic (exact) mass is 824 g/mol. The van der Waals surface area contributed by atoms with Crippen LogP contribution in [0.1, 0.15) is 22.3 Å². The standard InChI is InChI=1S/C63H40N2/c1-3-20-46(21-4-1)63(47-22-5-2-6-23-47)54-27-13-11-26-51(54)61-55(63)34-37-60-62(61)53-40-45(32-36-59(53)65(60)56-29-15-19-42-17-9-10-24-49(42)56)44-31-35-58-52(39-44)50-25-12-14-28-57(50)64(58)48-33-30-41-16-7-8-18-43(41)38-48/h1-40H. The van der Waals surface area contributed by atoms with Gasteiger partial charge in [0.1, 0.15) is 0 Å². The Balaban J connectivity index is 1.07. The number of para-hydroxylation sites is 1. The molecule has 0 atom stereocenters. The summed E-state index contributed by atoms with van der Waals surface area (Å²) in [5.41, 5.74) is 16.8. The Kier molecular flexibility index (Phi) is 7.64. The lowest BCUT2D eigenvalue weighted by molar-refractivity contribution is 0.769. The van der Waals surface area contributed by atoms with E-state index < -0.39 is 5.41 Å². The van der Waals surface area contributed by atoms with Crippen molar-refractivity contribution in [2.75, 3.05) is 0 Å². The van der Waals surface area contributed by atoms with Crippen molar-refractivity contribution in [2.45, 2.75) is 5.41 Å². The molecule has 1 aliphatic carbocycles. The quantitative estimate of drug-likeness (QED) is 0.164. The molecule has 0 radical (unpaired) electrons. The van der Waals surface area contributed by atoms with Crippen LogP contribution < -0.4 is 0 Å². The van der Waals surface area contributed by atoms with E-state index in [9.17, 15) is 0 Å². The van der Waals surface area contributed by atoms with Crippen molar-refractivity contribution in [1.82, 2.24) is 9.13 Å².